The van der Waals surface area contributed by atoms with Crippen molar-refractivity contribution in [1.29, 1.82) is 0 Å². The van der Waals surface area contributed by atoms with Crippen molar-refractivity contribution >= 4 is 45.8 Å². The fourth-order valence-electron chi connectivity index (χ4n) is 5.44. The molecule has 0 bridgehead atoms. The van der Waals surface area contributed by atoms with Gasteiger partial charge in [-0.2, -0.15) is 0 Å². The maximum Gasteiger partial charge on any atom is 0.323 e. The Labute approximate surface area is 263 Å². The highest BCUT2D eigenvalue weighted by molar-refractivity contribution is 6.06. The predicted molar refractivity (Wildman–Crippen MR) is 177 cm³/mol. The molecule has 1 heterocycles. The van der Waals surface area contributed by atoms with Gasteiger partial charge in [0.1, 0.15) is 11.9 Å². The normalized spacial score (nSPS) is 17.2. The highest BCUT2D eigenvalue weighted by Gasteiger charge is 2.32. The molecule has 0 aromatic heterocycles. The summed E-state index contributed by atoms with van der Waals surface area (Å²) in [6.07, 6.45) is -0.452. The molecular formula is C35H39N5O5. The van der Waals surface area contributed by atoms with Crippen LogP contribution < -0.4 is 20.7 Å². The molecule has 1 aliphatic heterocycles. The van der Waals surface area contributed by atoms with E-state index in [0.29, 0.717) is 34.9 Å². The number of carbonyl (C=O) groups is 3. The molecule has 0 radical (unpaired) electrons. The number of aliphatic hydroxyl groups excluding tert-OH is 1. The molecule has 4 aromatic rings. The Morgan fingerprint density at radius 1 is 0.956 bits per heavy atom. The highest BCUT2D eigenvalue weighted by Crippen LogP contribution is 2.30. The van der Waals surface area contributed by atoms with E-state index in [0.717, 1.165) is 10.8 Å². The second kappa shape index (κ2) is 14.1. The van der Waals surface area contributed by atoms with Gasteiger partial charge < -0.3 is 35.6 Å². The quantitative estimate of drug-likeness (QED) is 0.211. The number of likely N-dealkylation sites (N-methyl/N-ethyl adjacent to an activating group) is 1. The molecule has 234 valence electrons. The van der Waals surface area contributed by atoms with E-state index in [1.54, 1.807) is 42.0 Å². The molecule has 0 fully saturated rings. The minimum absolute atomic E-state index is 0.0178. The minimum Gasteiger partial charge on any atom is -0.488 e. The molecule has 0 aliphatic carbocycles. The van der Waals surface area contributed by atoms with Crippen molar-refractivity contribution in [3.63, 3.8) is 0 Å². The topological polar surface area (TPSA) is 123 Å². The zero-order chi connectivity index (χ0) is 31.9. The Morgan fingerprint density at radius 3 is 2.47 bits per heavy atom. The third kappa shape index (κ3) is 7.71. The van der Waals surface area contributed by atoms with Crippen LogP contribution in [0.1, 0.15) is 19.4 Å². The number of benzene rings is 4. The first kappa shape index (κ1) is 31.3. The molecule has 3 atom stereocenters. The van der Waals surface area contributed by atoms with E-state index in [4.69, 9.17) is 4.74 Å². The number of aliphatic hydroxyl groups is 1. The average molecular weight is 610 g/mol. The number of para-hydroxylation sites is 1. The monoisotopic (exact) mass is 609 g/mol. The van der Waals surface area contributed by atoms with Gasteiger partial charge in [-0.05, 0) is 48.7 Å². The Kier molecular flexibility index (Phi) is 9.84. The Hall–Kier alpha value is -5.09. The number of rotatable bonds is 7. The van der Waals surface area contributed by atoms with E-state index in [1.807, 2.05) is 79.7 Å². The maximum atomic E-state index is 13.6. The number of urea groups is 2. The van der Waals surface area contributed by atoms with Crippen LogP contribution in [0.5, 0.6) is 5.75 Å². The van der Waals surface area contributed by atoms with Gasteiger partial charge >= 0.3 is 12.1 Å². The van der Waals surface area contributed by atoms with Crippen molar-refractivity contribution in [1.82, 2.24) is 9.80 Å². The second-order valence-corrected chi connectivity index (χ2v) is 11.5. The van der Waals surface area contributed by atoms with Crippen LogP contribution in [-0.4, -0.2) is 71.8 Å². The molecule has 0 saturated heterocycles. The molecule has 0 saturated carbocycles. The lowest BCUT2D eigenvalue weighted by molar-refractivity contribution is -0.134. The Balaban J connectivity index is 1.37. The molecule has 4 aromatic carbocycles. The number of hydrogen-bond donors (Lipinski definition) is 4. The number of nitrogens with zero attached hydrogens (tertiary/aromatic N) is 2. The second-order valence-electron chi connectivity index (χ2n) is 11.5. The van der Waals surface area contributed by atoms with E-state index in [2.05, 4.69) is 16.0 Å². The zero-order valence-corrected chi connectivity index (χ0v) is 25.7. The van der Waals surface area contributed by atoms with Crippen LogP contribution in [0.2, 0.25) is 0 Å². The maximum absolute atomic E-state index is 13.6. The molecule has 10 nitrogen and oxygen atoms in total. The summed E-state index contributed by atoms with van der Waals surface area (Å²) in [4.78, 5) is 42.8. The molecule has 5 amide bonds. The molecule has 0 spiro atoms. The summed E-state index contributed by atoms with van der Waals surface area (Å²) in [7, 11) is 1.70. The van der Waals surface area contributed by atoms with Gasteiger partial charge in [-0.1, -0.05) is 61.5 Å². The number of ether oxygens (including phenoxy) is 1. The van der Waals surface area contributed by atoms with Gasteiger partial charge in [0, 0.05) is 41.8 Å². The fourth-order valence-corrected chi connectivity index (χ4v) is 5.44. The van der Waals surface area contributed by atoms with Gasteiger partial charge in [-0.3, -0.25) is 4.79 Å². The SMILES string of the molecule is C[C@H](CO)N1C[C@H](C)[C@@H](CN(C)C(=O)Nc2ccccc2)Oc2ccc(NC(=O)Nc3cccc4ccccc34)cc2CC1=O. The van der Waals surface area contributed by atoms with Gasteiger partial charge in [0.2, 0.25) is 5.91 Å². The van der Waals surface area contributed by atoms with Crippen molar-refractivity contribution in [2.24, 2.45) is 5.92 Å². The number of amides is 5. The van der Waals surface area contributed by atoms with E-state index >= 15 is 0 Å². The molecule has 1 aliphatic rings. The van der Waals surface area contributed by atoms with E-state index in [9.17, 15) is 19.5 Å². The van der Waals surface area contributed by atoms with E-state index in [-0.39, 0.29) is 37.4 Å². The van der Waals surface area contributed by atoms with Crippen LogP contribution in [0, 0.1) is 5.92 Å². The Morgan fingerprint density at radius 2 is 1.69 bits per heavy atom. The van der Waals surface area contributed by atoms with Crippen LogP contribution in [0.3, 0.4) is 0 Å². The van der Waals surface area contributed by atoms with Crippen molar-refractivity contribution in [3.8, 4) is 5.75 Å². The van der Waals surface area contributed by atoms with Crippen LogP contribution in [0.4, 0.5) is 26.7 Å². The molecular weight excluding hydrogens is 570 g/mol. The lowest BCUT2D eigenvalue weighted by Crippen LogP contribution is -2.48. The molecule has 5 rings (SSSR count). The molecule has 45 heavy (non-hydrogen) atoms. The van der Waals surface area contributed by atoms with Crippen LogP contribution in [0.25, 0.3) is 10.8 Å². The van der Waals surface area contributed by atoms with Crippen molar-refractivity contribution in [2.75, 3.05) is 42.7 Å². The van der Waals surface area contributed by atoms with Crippen LogP contribution in [0.15, 0.2) is 91.0 Å². The van der Waals surface area contributed by atoms with Gasteiger partial charge in [-0.15, -0.1) is 0 Å². The predicted octanol–water partition coefficient (Wildman–Crippen LogP) is 5.80. The number of nitrogens with one attached hydrogen (secondary N) is 3. The number of anilines is 3. The van der Waals surface area contributed by atoms with Gasteiger partial charge in [0.25, 0.3) is 0 Å². The smallest absolute Gasteiger partial charge is 0.323 e. The van der Waals surface area contributed by atoms with Gasteiger partial charge in [-0.25, -0.2) is 9.59 Å². The Bertz CT molecular complexity index is 1660. The lowest BCUT2D eigenvalue weighted by Gasteiger charge is -2.34. The van der Waals surface area contributed by atoms with Crippen LogP contribution >= 0.6 is 0 Å². The largest absolute Gasteiger partial charge is 0.488 e. The van der Waals surface area contributed by atoms with E-state index in [1.165, 1.54) is 0 Å². The number of hydrogen-bond acceptors (Lipinski definition) is 5. The standard InChI is InChI=1S/C35H39N5O5/c1-23-20-40(24(2)22-41)33(42)19-26-18-28(36-34(43)38-30-15-9-11-25-10-7-8-14-29(25)30)16-17-31(26)45-32(23)21-39(3)35(44)37-27-12-5-4-6-13-27/h4-18,23-24,32,41H,19-22H2,1-3H3,(H,37,44)(H2,36,38,43)/t23-,24+,32+/m0/s1. The summed E-state index contributed by atoms with van der Waals surface area (Å²) in [5.74, 6) is 0.155. The molecule has 0 unspecified atom stereocenters. The van der Waals surface area contributed by atoms with Gasteiger partial charge in [0.05, 0.1) is 31.3 Å². The summed E-state index contributed by atoms with van der Waals surface area (Å²) in [5.41, 5.74) is 2.44. The third-order valence-electron chi connectivity index (χ3n) is 8.04. The summed E-state index contributed by atoms with van der Waals surface area (Å²) >= 11 is 0. The van der Waals surface area contributed by atoms with Crippen molar-refractivity contribution in [3.05, 3.63) is 96.6 Å². The zero-order valence-electron chi connectivity index (χ0n) is 25.7. The van der Waals surface area contributed by atoms with Crippen molar-refractivity contribution < 1.29 is 24.2 Å². The summed E-state index contributed by atoms with van der Waals surface area (Å²) in [6, 6.07) is 26.8. The first-order valence-electron chi connectivity index (χ1n) is 15.0. The van der Waals surface area contributed by atoms with Crippen LogP contribution in [-0.2, 0) is 11.2 Å². The minimum atomic E-state index is -0.469. The average Bonchev–Trinajstić information content (AvgIpc) is 3.08. The number of fused-ring (bicyclic) bond motifs is 2. The molecule has 4 N–H and O–H groups in total. The van der Waals surface area contributed by atoms with Crippen molar-refractivity contribution in [2.45, 2.75) is 32.4 Å². The summed E-state index contributed by atoms with van der Waals surface area (Å²) in [5, 5.41) is 20.5. The number of carbonyl (C=O) groups excluding carboxylic acids is 3. The first-order chi connectivity index (χ1) is 21.7. The summed E-state index contributed by atoms with van der Waals surface area (Å²) < 4.78 is 6.52. The first-order valence-corrected chi connectivity index (χ1v) is 15.0. The summed E-state index contributed by atoms with van der Waals surface area (Å²) in [6.45, 7) is 4.17. The molecule has 10 heteroatoms. The third-order valence-corrected chi connectivity index (χ3v) is 8.04. The fraction of sp³-hybridized carbons (Fsp3) is 0.286. The highest BCUT2D eigenvalue weighted by atomic mass is 16.5. The van der Waals surface area contributed by atoms with E-state index < -0.39 is 18.2 Å². The lowest BCUT2D eigenvalue weighted by atomic mass is 10.0. The van der Waals surface area contributed by atoms with Gasteiger partial charge in [0.15, 0.2) is 0 Å².